The Morgan fingerprint density at radius 3 is 2.62 bits per heavy atom. The fraction of sp³-hybridized carbons (Fsp3) is 0.545. The molecule has 0 bridgehead atoms. The molecule has 4 nitrogen and oxygen atoms in total. The van der Waals surface area contributed by atoms with Crippen molar-refractivity contribution in [3.8, 4) is 0 Å². The largest absolute Gasteiger partial charge is 0.449 e. The van der Waals surface area contributed by atoms with Crippen molar-refractivity contribution in [2.45, 2.75) is 70.8 Å². The van der Waals surface area contributed by atoms with Crippen molar-refractivity contribution in [1.82, 2.24) is 5.32 Å². The smallest absolute Gasteiger partial charge is 0.338 e. The van der Waals surface area contributed by atoms with E-state index in [0.717, 1.165) is 32.1 Å². The van der Waals surface area contributed by atoms with Gasteiger partial charge in [-0.2, -0.15) is 0 Å². The Morgan fingerprint density at radius 2 is 1.85 bits per heavy atom. The van der Waals surface area contributed by atoms with Crippen molar-refractivity contribution in [2.24, 2.45) is 0 Å². The summed E-state index contributed by atoms with van der Waals surface area (Å²) in [6.07, 6.45) is 11.7. The molecule has 0 spiro atoms. The number of benzene rings is 1. The summed E-state index contributed by atoms with van der Waals surface area (Å²) in [7, 11) is 0. The molecule has 0 aromatic heterocycles. The van der Waals surface area contributed by atoms with Gasteiger partial charge in [0, 0.05) is 6.54 Å². The zero-order valence-electron chi connectivity index (χ0n) is 15.7. The van der Waals surface area contributed by atoms with Gasteiger partial charge < -0.3 is 10.1 Å². The Morgan fingerprint density at radius 1 is 1.08 bits per heavy atom. The number of ether oxygens (including phenoxy) is 1. The third kappa shape index (κ3) is 4.96. The summed E-state index contributed by atoms with van der Waals surface area (Å²) in [5.74, 6) is -0.649. The molecular weight excluding hydrogens is 326 g/mol. The molecule has 0 radical (unpaired) electrons. The molecule has 1 aromatic carbocycles. The highest BCUT2D eigenvalue weighted by Gasteiger charge is 2.20. The molecular formula is C22H29NO3. The van der Waals surface area contributed by atoms with Crippen LogP contribution in [-0.4, -0.2) is 24.5 Å². The lowest BCUT2D eigenvalue weighted by molar-refractivity contribution is -0.129. The predicted molar refractivity (Wildman–Crippen MR) is 102 cm³/mol. The average Bonchev–Trinajstić information content (AvgIpc) is 2.68. The molecule has 1 aromatic rings. The van der Waals surface area contributed by atoms with Gasteiger partial charge in [0.05, 0.1) is 5.56 Å². The van der Waals surface area contributed by atoms with Crippen LogP contribution in [0.2, 0.25) is 0 Å². The Hall–Kier alpha value is -2.10. The first kappa shape index (κ1) is 18.7. The average molecular weight is 355 g/mol. The minimum atomic E-state index is -0.779. The number of esters is 1. The molecule has 1 N–H and O–H groups in total. The standard InChI is InChI=1S/C22H29NO3/c1-16(21(24)23-14-13-17-7-3-2-4-8-17)26-22(25)20-12-11-18-9-5-6-10-19(18)15-20/h7,11-12,15-16H,2-6,8-10,13-14H2,1H3,(H,23,24)/t16-/m1/s1. The minimum Gasteiger partial charge on any atom is -0.449 e. The predicted octanol–water partition coefficient (Wildman–Crippen LogP) is 4.12. The number of aryl methyl sites for hydroxylation is 2. The van der Waals surface area contributed by atoms with Gasteiger partial charge in [-0.25, -0.2) is 4.79 Å². The van der Waals surface area contributed by atoms with E-state index in [1.165, 1.54) is 42.4 Å². The second kappa shape index (κ2) is 9.02. The number of carbonyl (C=O) groups is 2. The fourth-order valence-corrected chi connectivity index (χ4v) is 3.76. The van der Waals surface area contributed by atoms with E-state index in [2.05, 4.69) is 11.4 Å². The zero-order valence-corrected chi connectivity index (χ0v) is 15.7. The van der Waals surface area contributed by atoms with Gasteiger partial charge in [0.1, 0.15) is 0 Å². The Kier molecular flexibility index (Phi) is 6.48. The number of rotatable bonds is 6. The van der Waals surface area contributed by atoms with Crippen molar-refractivity contribution in [3.63, 3.8) is 0 Å². The molecule has 2 aliphatic carbocycles. The third-order valence-electron chi connectivity index (χ3n) is 5.37. The van der Waals surface area contributed by atoms with Gasteiger partial charge in [-0.3, -0.25) is 4.79 Å². The van der Waals surface area contributed by atoms with Gasteiger partial charge in [-0.05, 0) is 88.0 Å². The fourth-order valence-electron chi connectivity index (χ4n) is 3.76. The van der Waals surface area contributed by atoms with Crippen LogP contribution >= 0.6 is 0 Å². The highest BCUT2D eigenvalue weighted by atomic mass is 16.5. The van der Waals surface area contributed by atoms with Crippen LogP contribution in [0.3, 0.4) is 0 Å². The molecule has 26 heavy (non-hydrogen) atoms. The quantitative estimate of drug-likeness (QED) is 0.617. The van der Waals surface area contributed by atoms with E-state index in [9.17, 15) is 9.59 Å². The maximum atomic E-state index is 12.4. The van der Waals surface area contributed by atoms with Gasteiger partial charge in [-0.1, -0.05) is 17.7 Å². The van der Waals surface area contributed by atoms with Gasteiger partial charge in [0.25, 0.3) is 5.91 Å². The molecule has 4 heteroatoms. The summed E-state index contributed by atoms with van der Waals surface area (Å²) >= 11 is 0. The Bertz CT molecular complexity index is 693. The number of carbonyl (C=O) groups excluding carboxylic acids is 2. The van der Waals surface area contributed by atoms with Crippen LogP contribution < -0.4 is 5.32 Å². The molecule has 3 rings (SSSR count). The molecule has 140 valence electrons. The highest BCUT2D eigenvalue weighted by Crippen LogP contribution is 2.23. The van der Waals surface area contributed by atoms with Crippen LogP contribution in [0.5, 0.6) is 0 Å². The molecule has 0 heterocycles. The van der Waals surface area contributed by atoms with E-state index in [4.69, 9.17) is 4.74 Å². The molecule has 0 saturated carbocycles. The normalized spacial score (nSPS) is 17.7. The Labute approximate surface area is 156 Å². The molecule has 0 saturated heterocycles. The first-order valence-corrected chi connectivity index (χ1v) is 9.92. The number of allylic oxidation sites excluding steroid dienone is 1. The van der Waals surface area contributed by atoms with Crippen LogP contribution in [-0.2, 0) is 22.4 Å². The highest BCUT2D eigenvalue weighted by molar-refractivity contribution is 5.92. The molecule has 0 fully saturated rings. The summed E-state index contributed by atoms with van der Waals surface area (Å²) in [4.78, 5) is 24.5. The summed E-state index contributed by atoms with van der Waals surface area (Å²) < 4.78 is 5.37. The van der Waals surface area contributed by atoms with E-state index in [1.54, 1.807) is 6.92 Å². The number of fused-ring (bicyclic) bond motifs is 1. The first-order valence-electron chi connectivity index (χ1n) is 9.92. The lowest BCUT2D eigenvalue weighted by Crippen LogP contribution is -2.36. The van der Waals surface area contributed by atoms with E-state index < -0.39 is 12.1 Å². The minimum absolute atomic E-state index is 0.229. The number of hydrogen-bond acceptors (Lipinski definition) is 3. The molecule has 0 aliphatic heterocycles. The van der Waals surface area contributed by atoms with Crippen LogP contribution in [0.25, 0.3) is 0 Å². The van der Waals surface area contributed by atoms with Crippen molar-refractivity contribution in [3.05, 3.63) is 46.5 Å². The monoisotopic (exact) mass is 355 g/mol. The van der Waals surface area contributed by atoms with Gasteiger partial charge in [0.2, 0.25) is 0 Å². The van der Waals surface area contributed by atoms with Crippen molar-refractivity contribution in [2.75, 3.05) is 6.54 Å². The lowest BCUT2D eigenvalue weighted by Gasteiger charge is -2.18. The van der Waals surface area contributed by atoms with Crippen LogP contribution in [0.4, 0.5) is 0 Å². The molecule has 1 atom stereocenters. The summed E-state index contributed by atoms with van der Waals surface area (Å²) in [5.41, 5.74) is 4.53. The maximum absolute atomic E-state index is 12.4. The van der Waals surface area contributed by atoms with E-state index in [0.29, 0.717) is 12.1 Å². The number of amides is 1. The second-order valence-electron chi connectivity index (χ2n) is 7.39. The summed E-state index contributed by atoms with van der Waals surface area (Å²) in [6.45, 7) is 2.23. The van der Waals surface area contributed by atoms with E-state index in [1.807, 2.05) is 18.2 Å². The van der Waals surface area contributed by atoms with Crippen LogP contribution in [0.15, 0.2) is 29.8 Å². The molecule has 0 unspecified atom stereocenters. The summed E-state index contributed by atoms with van der Waals surface area (Å²) in [6, 6.07) is 5.76. The van der Waals surface area contributed by atoms with Crippen molar-refractivity contribution in [1.29, 1.82) is 0 Å². The number of hydrogen-bond donors (Lipinski definition) is 1. The zero-order chi connectivity index (χ0) is 18.4. The SMILES string of the molecule is C[C@@H](OC(=O)c1ccc2c(c1)CCCC2)C(=O)NCCC1=CCCCC1. The lowest BCUT2D eigenvalue weighted by atomic mass is 9.90. The van der Waals surface area contributed by atoms with Gasteiger partial charge in [-0.15, -0.1) is 0 Å². The topological polar surface area (TPSA) is 55.4 Å². The molecule has 2 aliphatic rings. The van der Waals surface area contributed by atoms with Crippen LogP contribution in [0.1, 0.15) is 73.4 Å². The maximum Gasteiger partial charge on any atom is 0.338 e. The van der Waals surface area contributed by atoms with E-state index in [-0.39, 0.29) is 5.91 Å². The first-order chi connectivity index (χ1) is 12.6. The van der Waals surface area contributed by atoms with E-state index >= 15 is 0 Å². The van der Waals surface area contributed by atoms with Crippen molar-refractivity contribution >= 4 is 11.9 Å². The van der Waals surface area contributed by atoms with Crippen LogP contribution in [0, 0.1) is 0 Å². The number of nitrogens with one attached hydrogen (secondary N) is 1. The third-order valence-corrected chi connectivity index (χ3v) is 5.37. The van der Waals surface area contributed by atoms with Gasteiger partial charge >= 0.3 is 5.97 Å². The second-order valence-corrected chi connectivity index (χ2v) is 7.39. The molecule has 1 amide bonds. The summed E-state index contributed by atoms with van der Waals surface area (Å²) in [5, 5.41) is 2.88. The Balaban J connectivity index is 1.47. The van der Waals surface area contributed by atoms with Gasteiger partial charge in [0.15, 0.2) is 6.10 Å². The van der Waals surface area contributed by atoms with Crippen molar-refractivity contribution < 1.29 is 14.3 Å².